The number of nitrogens with zero attached hydrogens (tertiary/aromatic N) is 1. The topological polar surface area (TPSA) is 78.1 Å². The molecule has 2 aromatic rings. The van der Waals surface area contributed by atoms with Crippen LogP contribution in [-0.2, 0) is 6.54 Å². The van der Waals surface area contributed by atoms with Gasteiger partial charge in [-0.15, -0.1) is 13.2 Å². The fraction of sp³-hybridized carbons (Fsp3) is 0.235. The van der Waals surface area contributed by atoms with E-state index in [1.165, 1.54) is 38.5 Å². The highest BCUT2D eigenvalue weighted by molar-refractivity contribution is 5.92. The number of methoxy groups -OCH3 is 2. The maximum Gasteiger partial charge on any atom is 0.573 e. The fourth-order valence-corrected chi connectivity index (χ4v) is 2.18. The third kappa shape index (κ3) is 5.47. The molecule has 9 heteroatoms. The number of rotatable bonds is 6. The minimum Gasteiger partial charge on any atom is -0.493 e. The quantitative estimate of drug-likeness (QED) is 0.602. The summed E-state index contributed by atoms with van der Waals surface area (Å²) in [5, 5.41) is 2.79. The molecule has 26 heavy (non-hydrogen) atoms. The number of anilines is 1. The second-order valence-electron chi connectivity index (χ2n) is 5.05. The second-order valence-corrected chi connectivity index (χ2v) is 5.05. The average Bonchev–Trinajstić information content (AvgIpc) is 2.60. The monoisotopic (exact) mass is 369 g/mol. The zero-order chi connectivity index (χ0) is 19.2. The minimum atomic E-state index is -4.73. The van der Waals surface area contributed by atoms with Crippen molar-refractivity contribution in [1.82, 2.24) is 0 Å². The Morgan fingerprint density at radius 2 is 1.77 bits per heavy atom. The summed E-state index contributed by atoms with van der Waals surface area (Å²) in [7, 11) is 3.06. The van der Waals surface area contributed by atoms with E-state index in [-0.39, 0.29) is 18.3 Å². The molecule has 0 fully saturated rings. The molecule has 2 rings (SSSR count). The van der Waals surface area contributed by atoms with Crippen LogP contribution in [0.3, 0.4) is 0 Å². The second kappa shape index (κ2) is 8.32. The minimum absolute atomic E-state index is 0.0966. The van der Waals surface area contributed by atoms with E-state index < -0.39 is 6.36 Å². The van der Waals surface area contributed by atoms with E-state index in [0.717, 1.165) is 5.56 Å². The summed E-state index contributed by atoms with van der Waals surface area (Å²) in [5.41, 5.74) is 7.05. The molecule has 0 unspecified atom stereocenters. The molecule has 0 aromatic heterocycles. The van der Waals surface area contributed by atoms with Gasteiger partial charge in [0.15, 0.2) is 17.5 Å². The summed E-state index contributed by atoms with van der Waals surface area (Å²) >= 11 is 0. The molecular weight excluding hydrogens is 351 g/mol. The Balaban J connectivity index is 2.03. The summed E-state index contributed by atoms with van der Waals surface area (Å²) in [5.74, 6) is 0.909. The lowest BCUT2D eigenvalue weighted by molar-refractivity contribution is -0.274. The molecule has 3 N–H and O–H groups in total. The Morgan fingerprint density at radius 1 is 1.08 bits per heavy atom. The van der Waals surface area contributed by atoms with Crippen LogP contribution in [0, 0.1) is 0 Å². The molecule has 0 heterocycles. The molecule has 0 aliphatic heterocycles. The first kappa shape index (κ1) is 19.2. The molecule has 140 valence electrons. The van der Waals surface area contributed by atoms with Gasteiger partial charge in [0.1, 0.15) is 5.75 Å². The van der Waals surface area contributed by atoms with Gasteiger partial charge in [-0.1, -0.05) is 12.1 Å². The van der Waals surface area contributed by atoms with Crippen molar-refractivity contribution < 1.29 is 27.4 Å². The molecule has 0 radical (unpaired) electrons. The number of hydrogen-bond acceptors (Lipinski definition) is 4. The van der Waals surface area contributed by atoms with Gasteiger partial charge in [0, 0.05) is 11.3 Å². The van der Waals surface area contributed by atoms with Gasteiger partial charge in [-0.05, 0) is 30.3 Å². The van der Waals surface area contributed by atoms with Crippen LogP contribution < -0.4 is 25.3 Å². The highest BCUT2D eigenvalue weighted by atomic mass is 19.4. The highest BCUT2D eigenvalue weighted by Crippen LogP contribution is 2.31. The number of nitrogens with one attached hydrogen (secondary N) is 1. The van der Waals surface area contributed by atoms with E-state index in [4.69, 9.17) is 15.2 Å². The van der Waals surface area contributed by atoms with Gasteiger partial charge < -0.3 is 25.3 Å². The number of guanidine groups is 1. The van der Waals surface area contributed by atoms with E-state index in [9.17, 15) is 13.2 Å². The van der Waals surface area contributed by atoms with E-state index in [1.54, 1.807) is 12.1 Å². The van der Waals surface area contributed by atoms with E-state index in [0.29, 0.717) is 17.2 Å². The molecule has 0 bridgehead atoms. The smallest absolute Gasteiger partial charge is 0.493 e. The zero-order valence-electron chi connectivity index (χ0n) is 14.1. The third-order valence-corrected chi connectivity index (χ3v) is 3.26. The number of benzene rings is 2. The van der Waals surface area contributed by atoms with Crippen molar-refractivity contribution >= 4 is 11.6 Å². The van der Waals surface area contributed by atoms with Crippen LogP contribution in [-0.4, -0.2) is 26.5 Å². The van der Waals surface area contributed by atoms with Gasteiger partial charge in [-0.2, -0.15) is 0 Å². The number of aliphatic imine (C=N–C) groups is 1. The SMILES string of the molecule is COc1cccc(CN=C(N)Nc2ccc(OC(F)(F)F)cc2)c1OC. The molecule has 0 spiro atoms. The molecule has 0 saturated heterocycles. The number of ether oxygens (including phenoxy) is 3. The van der Waals surface area contributed by atoms with Gasteiger partial charge in [-0.25, -0.2) is 4.99 Å². The summed E-state index contributed by atoms with van der Waals surface area (Å²) in [4.78, 5) is 4.19. The zero-order valence-corrected chi connectivity index (χ0v) is 14.1. The van der Waals surface area contributed by atoms with Gasteiger partial charge >= 0.3 is 6.36 Å². The van der Waals surface area contributed by atoms with Crippen molar-refractivity contribution in [2.45, 2.75) is 12.9 Å². The van der Waals surface area contributed by atoms with Crippen LogP contribution in [0.2, 0.25) is 0 Å². The lowest BCUT2D eigenvalue weighted by atomic mass is 10.2. The largest absolute Gasteiger partial charge is 0.573 e. The van der Waals surface area contributed by atoms with Crippen LogP contribution in [0.25, 0.3) is 0 Å². The Morgan fingerprint density at radius 3 is 2.35 bits per heavy atom. The van der Waals surface area contributed by atoms with Crippen molar-refractivity contribution in [3.05, 3.63) is 48.0 Å². The van der Waals surface area contributed by atoms with Gasteiger partial charge in [0.2, 0.25) is 0 Å². The molecule has 0 amide bonds. The number of halogens is 3. The van der Waals surface area contributed by atoms with Crippen LogP contribution >= 0.6 is 0 Å². The molecule has 6 nitrogen and oxygen atoms in total. The Labute approximate surface area is 148 Å². The Hall–Kier alpha value is -3.10. The van der Waals surface area contributed by atoms with Crippen molar-refractivity contribution in [2.24, 2.45) is 10.7 Å². The number of nitrogens with two attached hydrogens (primary N) is 1. The molecular formula is C17H18F3N3O3. The van der Waals surface area contributed by atoms with Gasteiger partial charge in [-0.3, -0.25) is 0 Å². The first-order valence-electron chi connectivity index (χ1n) is 7.45. The lowest BCUT2D eigenvalue weighted by Crippen LogP contribution is -2.22. The van der Waals surface area contributed by atoms with Gasteiger partial charge in [0.25, 0.3) is 0 Å². The summed E-state index contributed by atoms with van der Waals surface area (Å²) < 4.78 is 50.7. The van der Waals surface area contributed by atoms with Crippen LogP contribution in [0.15, 0.2) is 47.5 Å². The maximum absolute atomic E-state index is 12.1. The van der Waals surface area contributed by atoms with E-state index >= 15 is 0 Å². The molecule has 0 aliphatic carbocycles. The van der Waals surface area contributed by atoms with Crippen molar-refractivity contribution in [1.29, 1.82) is 0 Å². The first-order valence-corrected chi connectivity index (χ1v) is 7.45. The first-order chi connectivity index (χ1) is 12.3. The number of alkyl halides is 3. The average molecular weight is 369 g/mol. The summed E-state index contributed by atoms with van der Waals surface area (Å²) in [6, 6.07) is 10.5. The third-order valence-electron chi connectivity index (χ3n) is 3.26. The molecule has 2 aromatic carbocycles. The number of para-hydroxylation sites is 1. The molecule has 0 atom stereocenters. The molecule has 0 aliphatic rings. The number of hydrogen-bond donors (Lipinski definition) is 2. The predicted octanol–water partition coefficient (Wildman–Crippen LogP) is 3.53. The fourth-order valence-electron chi connectivity index (χ4n) is 2.18. The van der Waals surface area contributed by atoms with Crippen LogP contribution in [0.1, 0.15) is 5.56 Å². The highest BCUT2D eigenvalue weighted by Gasteiger charge is 2.30. The predicted molar refractivity (Wildman–Crippen MR) is 91.6 cm³/mol. The van der Waals surface area contributed by atoms with Crippen molar-refractivity contribution in [2.75, 3.05) is 19.5 Å². The van der Waals surface area contributed by atoms with Gasteiger partial charge in [0.05, 0.1) is 20.8 Å². The Kier molecular flexibility index (Phi) is 6.16. The van der Waals surface area contributed by atoms with Crippen molar-refractivity contribution in [3.63, 3.8) is 0 Å². The summed E-state index contributed by atoms with van der Waals surface area (Å²) in [6.07, 6.45) is -4.73. The summed E-state index contributed by atoms with van der Waals surface area (Å²) in [6.45, 7) is 0.231. The standard InChI is InChI=1S/C17H18F3N3O3/c1-24-14-5-3-4-11(15(14)25-2)10-22-16(21)23-12-6-8-13(9-7-12)26-17(18,19)20/h3-9H,10H2,1-2H3,(H3,21,22,23). The van der Waals surface area contributed by atoms with Crippen LogP contribution in [0.5, 0.6) is 17.2 Å². The van der Waals surface area contributed by atoms with Crippen LogP contribution in [0.4, 0.5) is 18.9 Å². The van der Waals surface area contributed by atoms with E-state index in [2.05, 4.69) is 15.0 Å². The molecule has 0 saturated carbocycles. The van der Waals surface area contributed by atoms with E-state index in [1.807, 2.05) is 6.07 Å². The lowest BCUT2D eigenvalue weighted by Gasteiger charge is -2.12. The maximum atomic E-state index is 12.1. The van der Waals surface area contributed by atoms with Crippen molar-refractivity contribution in [3.8, 4) is 17.2 Å². The normalized spacial score (nSPS) is 11.8. The Bertz CT molecular complexity index is 762.